The third-order valence-electron chi connectivity index (χ3n) is 6.23. The van der Waals surface area contributed by atoms with Gasteiger partial charge in [-0.05, 0) is 39.4 Å². The highest BCUT2D eigenvalue weighted by molar-refractivity contribution is 7.86. The number of alkyl halides is 6. The largest absolute Gasteiger partial charge is 0.462 e. The Bertz CT molecular complexity index is 1660. The minimum atomic E-state index is -6.04. The second-order valence-corrected chi connectivity index (χ2v) is 9.97. The van der Waals surface area contributed by atoms with Gasteiger partial charge in [-0.2, -0.15) is 34.8 Å². The van der Waals surface area contributed by atoms with Crippen LogP contribution in [0.15, 0.2) is 77.7 Å². The maximum atomic E-state index is 12.9. The first kappa shape index (κ1) is 28.3. The van der Waals surface area contributed by atoms with Crippen LogP contribution in [0.1, 0.15) is 16.8 Å². The molecule has 0 atom stereocenters. The number of benzene rings is 4. The first-order valence-corrected chi connectivity index (χ1v) is 12.5. The van der Waals surface area contributed by atoms with Gasteiger partial charge in [0.05, 0.1) is 12.2 Å². The quantitative estimate of drug-likeness (QED) is 0.160. The van der Waals surface area contributed by atoms with E-state index in [0.717, 1.165) is 0 Å². The third kappa shape index (κ3) is 5.16. The van der Waals surface area contributed by atoms with Gasteiger partial charge in [0, 0.05) is 11.8 Å². The normalized spacial score (nSPS) is 13.1. The molecule has 0 amide bonds. The zero-order chi connectivity index (χ0) is 28.8. The molecule has 0 aliphatic rings. The smallest absolute Gasteiger partial charge is 0.426 e. The number of carbonyl (C=O) groups excluding carboxylic acids is 1. The molecule has 0 aromatic heterocycles. The fourth-order valence-corrected chi connectivity index (χ4v) is 4.97. The summed E-state index contributed by atoms with van der Waals surface area (Å²) >= 11 is 0. The standard InChI is InChI=1S/C26H18F6O6S/c27-25(28,29)24(34,26(30,31)32)13-14-38-23(33)21-12-11-19(15-5-1-2-6-18(15)21)16-7-3-9-20-17(16)8-4-10-22(20)39(35,36)37/h1-12,34H,13-14H2,(H,35,36,37). The minimum absolute atomic E-state index is 0.157. The molecule has 0 saturated heterocycles. The van der Waals surface area contributed by atoms with Gasteiger partial charge in [-0.1, -0.05) is 60.7 Å². The van der Waals surface area contributed by atoms with Crippen molar-refractivity contribution in [1.82, 2.24) is 0 Å². The molecule has 0 unspecified atom stereocenters. The lowest BCUT2D eigenvalue weighted by molar-refractivity contribution is -0.371. The van der Waals surface area contributed by atoms with E-state index in [1.54, 1.807) is 36.4 Å². The Balaban J connectivity index is 1.73. The van der Waals surface area contributed by atoms with E-state index in [1.807, 2.05) is 0 Å². The lowest BCUT2D eigenvalue weighted by atomic mass is 9.92. The summed E-state index contributed by atoms with van der Waals surface area (Å²) in [6, 6.07) is 18.0. The molecule has 13 heteroatoms. The van der Waals surface area contributed by atoms with Gasteiger partial charge < -0.3 is 9.84 Å². The predicted molar refractivity (Wildman–Crippen MR) is 129 cm³/mol. The van der Waals surface area contributed by atoms with E-state index >= 15 is 0 Å². The van der Waals surface area contributed by atoms with Gasteiger partial charge in [0.25, 0.3) is 15.7 Å². The van der Waals surface area contributed by atoms with E-state index in [9.17, 15) is 49.2 Å². The maximum Gasteiger partial charge on any atom is 0.426 e. The van der Waals surface area contributed by atoms with E-state index in [2.05, 4.69) is 0 Å². The zero-order valence-electron chi connectivity index (χ0n) is 19.5. The van der Waals surface area contributed by atoms with Crippen molar-refractivity contribution in [1.29, 1.82) is 0 Å². The Kier molecular flexibility index (Phi) is 7.13. The van der Waals surface area contributed by atoms with Crippen LogP contribution in [-0.4, -0.2) is 48.6 Å². The lowest BCUT2D eigenvalue weighted by Gasteiger charge is -2.32. The Morgan fingerprint density at radius 2 is 1.23 bits per heavy atom. The van der Waals surface area contributed by atoms with E-state index in [1.165, 1.54) is 36.4 Å². The van der Waals surface area contributed by atoms with Crippen LogP contribution >= 0.6 is 0 Å². The molecule has 0 saturated carbocycles. The van der Waals surface area contributed by atoms with Gasteiger partial charge in [-0.25, -0.2) is 4.79 Å². The van der Waals surface area contributed by atoms with Crippen LogP contribution < -0.4 is 0 Å². The Labute approximate surface area is 217 Å². The molecule has 0 radical (unpaired) electrons. The Morgan fingerprint density at radius 1 is 0.718 bits per heavy atom. The molecule has 6 nitrogen and oxygen atoms in total. The number of halogens is 6. The summed E-state index contributed by atoms with van der Waals surface area (Å²) in [6.45, 7) is -1.37. The molecule has 0 fully saturated rings. The summed E-state index contributed by atoms with van der Waals surface area (Å²) in [5, 5.41) is 10.6. The predicted octanol–water partition coefficient (Wildman–Crippen LogP) is 6.31. The molecular weight excluding hydrogens is 554 g/mol. The van der Waals surface area contributed by atoms with Crippen molar-refractivity contribution in [3.63, 3.8) is 0 Å². The van der Waals surface area contributed by atoms with Gasteiger partial charge in [-0.15, -0.1) is 0 Å². The van der Waals surface area contributed by atoms with Crippen LogP contribution in [0, 0.1) is 0 Å². The van der Waals surface area contributed by atoms with Crippen LogP contribution in [0.3, 0.4) is 0 Å². The van der Waals surface area contributed by atoms with Crippen molar-refractivity contribution >= 4 is 37.6 Å². The van der Waals surface area contributed by atoms with Crippen molar-refractivity contribution in [2.24, 2.45) is 0 Å². The fraction of sp³-hybridized carbons (Fsp3) is 0.192. The molecule has 4 rings (SSSR count). The molecule has 39 heavy (non-hydrogen) atoms. The van der Waals surface area contributed by atoms with Gasteiger partial charge in [0.1, 0.15) is 4.90 Å². The number of fused-ring (bicyclic) bond motifs is 2. The average molecular weight is 572 g/mol. The molecule has 0 bridgehead atoms. The van der Waals surface area contributed by atoms with Gasteiger partial charge >= 0.3 is 18.3 Å². The van der Waals surface area contributed by atoms with Crippen LogP contribution in [-0.2, 0) is 14.9 Å². The van der Waals surface area contributed by atoms with Crippen molar-refractivity contribution in [3.05, 3.63) is 78.4 Å². The van der Waals surface area contributed by atoms with E-state index in [0.29, 0.717) is 21.9 Å². The molecule has 0 spiro atoms. The van der Waals surface area contributed by atoms with E-state index in [-0.39, 0.29) is 21.2 Å². The van der Waals surface area contributed by atoms with Crippen LogP contribution in [0.5, 0.6) is 0 Å². The molecule has 0 aliphatic carbocycles. The van der Waals surface area contributed by atoms with Crippen LogP contribution in [0.25, 0.3) is 32.7 Å². The Hall–Kier alpha value is -3.68. The van der Waals surface area contributed by atoms with Crippen molar-refractivity contribution in [2.75, 3.05) is 6.61 Å². The maximum absolute atomic E-state index is 12.9. The topological polar surface area (TPSA) is 101 Å². The monoisotopic (exact) mass is 572 g/mol. The molecular formula is C26H18F6O6S. The van der Waals surface area contributed by atoms with Crippen molar-refractivity contribution in [2.45, 2.75) is 29.3 Å². The molecule has 0 aliphatic heterocycles. The summed E-state index contributed by atoms with van der Waals surface area (Å²) in [4.78, 5) is 12.4. The molecule has 4 aromatic carbocycles. The SMILES string of the molecule is O=C(OCCC(O)(C(F)(F)F)C(F)(F)F)c1ccc(-c2cccc3c(S(=O)(=O)O)cccc23)c2ccccc12. The number of aliphatic hydroxyl groups is 1. The summed E-state index contributed by atoms with van der Waals surface area (Å²) in [7, 11) is -4.55. The molecule has 2 N–H and O–H groups in total. The second kappa shape index (κ2) is 9.81. The Morgan fingerprint density at radius 3 is 1.85 bits per heavy atom. The van der Waals surface area contributed by atoms with Gasteiger partial charge in [0.2, 0.25) is 0 Å². The molecule has 206 valence electrons. The number of hydrogen-bond donors (Lipinski definition) is 2. The van der Waals surface area contributed by atoms with Gasteiger partial charge in [0.15, 0.2) is 0 Å². The number of ether oxygens (including phenoxy) is 1. The van der Waals surface area contributed by atoms with Crippen LogP contribution in [0.4, 0.5) is 26.3 Å². The van der Waals surface area contributed by atoms with E-state index in [4.69, 9.17) is 4.74 Å². The second-order valence-electron chi connectivity index (χ2n) is 8.58. The molecule has 0 heterocycles. The summed E-state index contributed by atoms with van der Waals surface area (Å²) in [5.41, 5.74) is -4.17. The van der Waals surface area contributed by atoms with Gasteiger partial charge in [-0.3, -0.25) is 4.55 Å². The summed E-state index contributed by atoms with van der Waals surface area (Å²) < 4.78 is 115. The lowest BCUT2D eigenvalue weighted by Crippen LogP contribution is -2.57. The van der Waals surface area contributed by atoms with Crippen molar-refractivity contribution < 1.29 is 54.0 Å². The number of carbonyl (C=O) groups is 1. The van der Waals surface area contributed by atoms with E-state index < -0.39 is 47.1 Å². The fourth-order valence-electron chi connectivity index (χ4n) is 4.27. The highest BCUT2D eigenvalue weighted by atomic mass is 32.2. The minimum Gasteiger partial charge on any atom is -0.462 e. The first-order chi connectivity index (χ1) is 18.1. The number of esters is 1. The van der Waals surface area contributed by atoms with Crippen molar-refractivity contribution in [3.8, 4) is 11.1 Å². The summed E-state index contributed by atoms with van der Waals surface area (Å²) in [6.07, 6.45) is -14.0. The average Bonchev–Trinajstić information content (AvgIpc) is 2.85. The first-order valence-electron chi connectivity index (χ1n) is 11.1. The number of hydrogen-bond acceptors (Lipinski definition) is 5. The summed E-state index contributed by atoms with van der Waals surface area (Å²) in [5.74, 6) is -1.21. The molecule has 4 aromatic rings. The van der Waals surface area contributed by atoms with Crippen LogP contribution in [0.2, 0.25) is 0 Å². The number of rotatable bonds is 6. The third-order valence-corrected chi connectivity index (χ3v) is 7.14. The highest BCUT2D eigenvalue weighted by Crippen LogP contribution is 2.45. The highest BCUT2D eigenvalue weighted by Gasteiger charge is 2.70. The zero-order valence-corrected chi connectivity index (χ0v) is 20.4.